The van der Waals surface area contributed by atoms with Crippen LogP contribution in [0.3, 0.4) is 0 Å². The van der Waals surface area contributed by atoms with Crippen LogP contribution in [0.25, 0.3) is 0 Å². The van der Waals surface area contributed by atoms with Crippen LogP contribution in [-0.4, -0.2) is 45.8 Å². The number of hydrogen-bond donors (Lipinski definition) is 1. The van der Waals surface area contributed by atoms with Gasteiger partial charge in [0.15, 0.2) is 0 Å². The molecule has 19 heavy (non-hydrogen) atoms. The van der Waals surface area contributed by atoms with E-state index in [1.807, 2.05) is 25.2 Å². The highest BCUT2D eigenvalue weighted by molar-refractivity contribution is 5.43. The molecule has 0 heterocycles. The van der Waals surface area contributed by atoms with E-state index in [1.54, 1.807) is 14.2 Å². The molecular formula is C15H26N2O2. The van der Waals surface area contributed by atoms with Gasteiger partial charge in [-0.3, -0.25) is 0 Å². The Balaban J connectivity index is 3.36. The first-order valence-corrected chi connectivity index (χ1v) is 6.44. The van der Waals surface area contributed by atoms with Crippen molar-refractivity contribution in [2.45, 2.75) is 25.4 Å². The van der Waals surface area contributed by atoms with E-state index >= 15 is 0 Å². The highest BCUT2D eigenvalue weighted by Gasteiger charge is 2.33. The summed E-state index contributed by atoms with van der Waals surface area (Å²) >= 11 is 0. The normalized spacial score (nSPS) is 13.5. The summed E-state index contributed by atoms with van der Waals surface area (Å²) in [5.41, 5.74) is 1.02. The first-order valence-electron chi connectivity index (χ1n) is 6.44. The van der Waals surface area contributed by atoms with Crippen molar-refractivity contribution in [2.75, 3.05) is 35.4 Å². The molecular weight excluding hydrogens is 240 g/mol. The molecule has 1 N–H and O–H groups in total. The van der Waals surface area contributed by atoms with Gasteiger partial charge < -0.3 is 19.7 Å². The molecule has 108 valence electrons. The summed E-state index contributed by atoms with van der Waals surface area (Å²) in [6.07, 6.45) is 0. The van der Waals surface area contributed by atoms with Crippen LogP contribution in [0.1, 0.15) is 25.5 Å². The number of nitrogens with zero attached hydrogens (tertiary/aromatic N) is 1. The summed E-state index contributed by atoms with van der Waals surface area (Å²) in [6, 6.07) is 6.09. The number of nitrogens with one attached hydrogen (secondary N) is 1. The molecule has 0 aliphatic carbocycles. The van der Waals surface area contributed by atoms with Crippen molar-refractivity contribution >= 4 is 0 Å². The molecule has 0 aliphatic rings. The molecule has 0 saturated heterocycles. The first-order chi connectivity index (χ1) is 8.87. The molecule has 0 spiro atoms. The molecule has 0 radical (unpaired) electrons. The number of benzene rings is 1. The van der Waals surface area contributed by atoms with E-state index in [0.29, 0.717) is 0 Å². The zero-order valence-electron chi connectivity index (χ0n) is 13.1. The molecule has 1 rings (SSSR count). The third-order valence-corrected chi connectivity index (χ3v) is 3.58. The molecule has 0 aromatic heterocycles. The zero-order chi connectivity index (χ0) is 14.6. The lowest BCUT2D eigenvalue weighted by atomic mass is 9.87. The highest BCUT2D eigenvalue weighted by Crippen LogP contribution is 2.37. The van der Waals surface area contributed by atoms with Crippen LogP contribution in [0, 0.1) is 0 Å². The fraction of sp³-hybridized carbons (Fsp3) is 0.600. The predicted molar refractivity (Wildman–Crippen MR) is 79.1 cm³/mol. The summed E-state index contributed by atoms with van der Waals surface area (Å²) in [4.78, 5) is 2.19. The summed E-state index contributed by atoms with van der Waals surface area (Å²) in [6.45, 7) is 4.35. The fourth-order valence-electron chi connectivity index (χ4n) is 2.50. The minimum Gasteiger partial charge on any atom is -0.497 e. The SMILES string of the molecule is CNC(C)(C)C(c1cc(OC)ccc1OC)N(C)C. The summed E-state index contributed by atoms with van der Waals surface area (Å²) in [7, 11) is 9.50. The van der Waals surface area contributed by atoms with E-state index in [0.717, 1.165) is 17.1 Å². The summed E-state index contributed by atoms with van der Waals surface area (Å²) < 4.78 is 10.8. The number of hydrogen-bond acceptors (Lipinski definition) is 4. The topological polar surface area (TPSA) is 33.7 Å². The molecule has 0 fully saturated rings. The van der Waals surface area contributed by atoms with Crippen LogP contribution < -0.4 is 14.8 Å². The Morgan fingerprint density at radius 1 is 1.16 bits per heavy atom. The van der Waals surface area contributed by atoms with Gasteiger partial charge in [-0.15, -0.1) is 0 Å². The number of likely N-dealkylation sites (N-methyl/N-ethyl adjacent to an activating group) is 2. The van der Waals surface area contributed by atoms with Gasteiger partial charge in [0, 0.05) is 11.1 Å². The van der Waals surface area contributed by atoms with E-state index in [-0.39, 0.29) is 11.6 Å². The third kappa shape index (κ3) is 3.39. The second-order valence-corrected chi connectivity index (χ2v) is 5.45. The Morgan fingerprint density at radius 2 is 1.79 bits per heavy atom. The Kier molecular flexibility index (Phi) is 5.20. The van der Waals surface area contributed by atoms with Gasteiger partial charge in [-0.1, -0.05) is 0 Å². The molecule has 0 aliphatic heterocycles. The van der Waals surface area contributed by atoms with Crippen LogP contribution in [0.5, 0.6) is 11.5 Å². The molecule has 0 saturated carbocycles. The predicted octanol–water partition coefficient (Wildman–Crippen LogP) is 2.30. The van der Waals surface area contributed by atoms with Crippen molar-refractivity contribution in [3.8, 4) is 11.5 Å². The van der Waals surface area contributed by atoms with Crippen molar-refractivity contribution in [3.63, 3.8) is 0 Å². The van der Waals surface area contributed by atoms with E-state index < -0.39 is 0 Å². The van der Waals surface area contributed by atoms with Crippen molar-refractivity contribution in [1.82, 2.24) is 10.2 Å². The third-order valence-electron chi connectivity index (χ3n) is 3.58. The van der Waals surface area contributed by atoms with E-state index in [1.165, 1.54) is 0 Å². The number of rotatable bonds is 6. The van der Waals surface area contributed by atoms with Crippen LogP contribution >= 0.6 is 0 Å². The lowest BCUT2D eigenvalue weighted by Crippen LogP contribution is -2.48. The zero-order valence-corrected chi connectivity index (χ0v) is 13.1. The maximum atomic E-state index is 5.51. The van der Waals surface area contributed by atoms with Gasteiger partial charge >= 0.3 is 0 Å². The van der Waals surface area contributed by atoms with Crippen molar-refractivity contribution in [2.24, 2.45) is 0 Å². The minimum absolute atomic E-state index is 0.0941. The van der Waals surface area contributed by atoms with Crippen LogP contribution in [0.2, 0.25) is 0 Å². The van der Waals surface area contributed by atoms with Crippen molar-refractivity contribution in [1.29, 1.82) is 0 Å². The molecule has 1 aromatic carbocycles. The molecule has 1 aromatic rings. The summed E-state index contributed by atoms with van der Waals surface area (Å²) in [5.74, 6) is 1.72. The Hall–Kier alpha value is -1.26. The number of ether oxygens (including phenoxy) is 2. The molecule has 4 heteroatoms. The van der Waals surface area contributed by atoms with Crippen molar-refractivity contribution in [3.05, 3.63) is 23.8 Å². The second-order valence-electron chi connectivity index (χ2n) is 5.45. The second kappa shape index (κ2) is 6.26. The fourth-order valence-corrected chi connectivity index (χ4v) is 2.50. The Bertz CT molecular complexity index is 417. The van der Waals surface area contributed by atoms with Gasteiger partial charge in [-0.25, -0.2) is 0 Å². The summed E-state index contributed by atoms with van der Waals surface area (Å²) in [5, 5.41) is 3.37. The standard InChI is InChI=1S/C15H26N2O2/c1-15(2,16-3)14(17(4)5)12-10-11(18-6)8-9-13(12)19-7/h8-10,14,16H,1-7H3. The lowest BCUT2D eigenvalue weighted by Gasteiger charge is -2.39. The monoisotopic (exact) mass is 266 g/mol. The van der Waals surface area contributed by atoms with Gasteiger partial charge in [0.05, 0.1) is 20.3 Å². The van der Waals surface area contributed by atoms with Crippen LogP contribution in [-0.2, 0) is 0 Å². The highest BCUT2D eigenvalue weighted by atomic mass is 16.5. The quantitative estimate of drug-likeness (QED) is 0.856. The molecule has 1 atom stereocenters. The average Bonchev–Trinajstić information content (AvgIpc) is 2.38. The van der Waals surface area contributed by atoms with Crippen LogP contribution in [0.4, 0.5) is 0 Å². The Morgan fingerprint density at radius 3 is 2.21 bits per heavy atom. The smallest absolute Gasteiger partial charge is 0.123 e. The van der Waals surface area contributed by atoms with Gasteiger partial charge in [0.25, 0.3) is 0 Å². The van der Waals surface area contributed by atoms with E-state index in [2.05, 4.69) is 38.2 Å². The molecule has 0 bridgehead atoms. The van der Waals surface area contributed by atoms with Crippen molar-refractivity contribution < 1.29 is 9.47 Å². The number of methoxy groups -OCH3 is 2. The average molecular weight is 266 g/mol. The maximum absolute atomic E-state index is 5.51. The maximum Gasteiger partial charge on any atom is 0.123 e. The van der Waals surface area contributed by atoms with Gasteiger partial charge in [0.1, 0.15) is 11.5 Å². The molecule has 4 nitrogen and oxygen atoms in total. The van der Waals surface area contributed by atoms with E-state index in [4.69, 9.17) is 9.47 Å². The minimum atomic E-state index is -0.0941. The van der Waals surface area contributed by atoms with Crippen LogP contribution in [0.15, 0.2) is 18.2 Å². The largest absolute Gasteiger partial charge is 0.497 e. The van der Waals surface area contributed by atoms with Gasteiger partial charge in [-0.05, 0) is 53.2 Å². The van der Waals surface area contributed by atoms with Gasteiger partial charge in [0.2, 0.25) is 0 Å². The lowest BCUT2D eigenvalue weighted by molar-refractivity contribution is 0.173. The molecule has 0 amide bonds. The Labute approximate surface area is 116 Å². The van der Waals surface area contributed by atoms with Gasteiger partial charge in [-0.2, -0.15) is 0 Å². The molecule has 1 unspecified atom stereocenters. The van der Waals surface area contributed by atoms with E-state index in [9.17, 15) is 0 Å². The first kappa shape index (κ1) is 15.8.